The number of aromatic carboxylic acids is 1. The van der Waals surface area contributed by atoms with E-state index in [1.54, 1.807) is 6.07 Å². The molecule has 20 heavy (non-hydrogen) atoms. The molecule has 1 aromatic rings. The fourth-order valence-corrected chi connectivity index (χ4v) is 2.34. The summed E-state index contributed by atoms with van der Waals surface area (Å²) in [6.07, 6.45) is 2.42. The van der Waals surface area contributed by atoms with Gasteiger partial charge < -0.3 is 14.7 Å². The maximum absolute atomic E-state index is 11.4. The number of carboxylic acids is 1. The first kappa shape index (κ1) is 17.5. The average Bonchev–Trinajstić information content (AvgIpc) is 2.89. The molecule has 106 valence electrons. The van der Waals surface area contributed by atoms with Gasteiger partial charge in [0.2, 0.25) is 0 Å². The Bertz CT molecular complexity index is 456. The molecular formula is C15H22NNaO3. The molecular weight excluding hydrogens is 265 g/mol. The number of hydrogen-bond donors (Lipinski definition) is 1. The molecule has 5 heteroatoms. The normalized spacial score (nSPS) is 14.4. The predicted octanol–water partition coefficient (Wildman–Crippen LogP) is 2.26. The van der Waals surface area contributed by atoms with E-state index in [4.69, 9.17) is 4.74 Å². The number of nitrogens with zero attached hydrogens (tertiary/aromatic N) is 1. The van der Waals surface area contributed by atoms with Gasteiger partial charge in [-0.05, 0) is 44.4 Å². The fourth-order valence-electron chi connectivity index (χ4n) is 2.34. The molecule has 1 heterocycles. The van der Waals surface area contributed by atoms with Crippen LogP contribution in [0.2, 0.25) is 0 Å². The molecule has 1 saturated heterocycles. The second-order valence-corrected chi connectivity index (χ2v) is 5.21. The van der Waals surface area contributed by atoms with E-state index in [2.05, 4.69) is 4.90 Å². The van der Waals surface area contributed by atoms with E-state index >= 15 is 0 Å². The third-order valence-corrected chi connectivity index (χ3v) is 3.32. The van der Waals surface area contributed by atoms with Crippen molar-refractivity contribution in [2.75, 3.05) is 18.0 Å². The molecule has 0 unspecified atom stereocenters. The van der Waals surface area contributed by atoms with Gasteiger partial charge in [-0.3, -0.25) is 0 Å². The van der Waals surface area contributed by atoms with Crippen LogP contribution in [0.4, 0.5) is 5.69 Å². The second kappa shape index (κ2) is 8.03. The van der Waals surface area contributed by atoms with Gasteiger partial charge in [-0.25, -0.2) is 4.79 Å². The van der Waals surface area contributed by atoms with E-state index in [1.165, 1.54) is 0 Å². The van der Waals surface area contributed by atoms with Gasteiger partial charge >= 0.3 is 35.5 Å². The maximum atomic E-state index is 11.4. The molecule has 0 aliphatic carbocycles. The van der Waals surface area contributed by atoms with Crippen molar-refractivity contribution in [1.29, 1.82) is 0 Å². The summed E-state index contributed by atoms with van der Waals surface area (Å²) >= 11 is 0. The van der Waals surface area contributed by atoms with E-state index in [0.717, 1.165) is 37.2 Å². The number of carbonyl (C=O) groups is 1. The third kappa shape index (κ3) is 4.48. The zero-order chi connectivity index (χ0) is 13.8. The number of ether oxygens (including phenoxy) is 1. The van der Waals surface area contributed by atoms with E-state index in [-0.39, 0.29) is 35.7 Å². The summed E-state index contributed by atoms with van der Waals surface area (Å²) in [5.41, 5.74) is 2.12. The number of rotatable bonds is 5. The Morgan fingerprint density at radius 3 is 2.55 bits per heavy atom. The number of hydrogen-bond acceptors (Lipinski definition) is 3. The molecule has 0 spiro atoms. The van der Waals surface area contributed by atoms with Crippen LogP contribution in [0.3, 0.4) is 0 Å². The SMILES string of the molecule is CC(C)OCc1ccc(N2CCCC2)c(C(=O)O)c1.[NaH]. The molecule has 0 aromatic heterocycles. The first-order valence-corrected chi connectivity index (χ1v) is 6.80. The van der Waals surface area contributed by atoms with Crippen LogP contribution in [0.1, 0.15) is 42.6 Å². The predicted molar refractivity (Wildman–Crippen MR) is 81.9 cm³/mol. The molecule has 0 atom stereocenters. The molecule has 1 aliphatic heterocycles. The molecule has 1 fully saturated rings. The molecule has 0 bridgehead atoms. The van der Waals surface area contributed by atoms with Gasteiger partial charge in [0, 0.05) is 13.1 Å². The van der Waals surface area contributed by atoms with Crippen LogP contribution in [0.5, 0.6) is 0 Å². The molecule has 1 aromatic carbocycles. The summed E-state index contributed by atoms with van der Waals surface area (Å²) in [6, 6.07) is 5.61. The Kier molecular flexibility index (Phi) is 7.03. The van der Waals surface area contributed by atoms with Gasteiger partial charge in [-0.2, -0.15) is 0 Å². The van der Waals surface area contributed by atoms with Crippen LogP contribution in [-0.4, -0.2) is 59.8 Å². The van der Waals surface area contributed by atoms with Crippen molar-refractivity contribution in [3.05, 3.63) is 29.3 Å². The number of benzene rings is 1. The first-order chi connectivity index (χ1) is 9.08. The van der Waals surface area contributed by atoms with Crippen LogP contribution in [-0.2, 0) is 11.3 Å². The zero-order valence-corrected chi connectivity index (χ0v) is 11.6. The topological polar surface area (TPSA) is 49.8 Å². The molecule has 0 amide bonds. The van der Waals surface area contributed by atoms with Crippen molar-refractivity contribution in [2.24, 2.45) is 0 Å². The van der Waals surface area contributed by atoms with Crippen molar-refractivity contribution in [2.45, 2.75) is 39.4 Å². The third-order valence-electron chi connectivity index (χ3n) is 3.32. The van der Waals surface area contributed by atoms with Gasteiger partial charge in [0.05, 0.1) is 24.0 Å². The minimum atomic E-state index is -0.867. The van der Waals surface area contributed by atoms with Gasteiger partial charge in [0.25, 0.3) is 0 Å². The Morgan fingerprint density at radius 1 is 1.35 bits per heavy atom. The van der Waals surface area contributed by atoms with Crippen LogP contribution < -0.4 is 4.90 Å². The Balaban J connectivity index is 0.00000200. The summed E-state index contributed by atoms with van der Waals surface area (Å²) in [4.78, 5) is 13.6. The van der Waals surface area contributed by atoms with Crippen molar-refractivity contribution in [3.63, 3.8) is 0 Å². The standard InChI is InChI=1S/C15H21NO3.Na.H/c1-11(2)19-10-12-5-6-14(13(9-12)15(17)18)16-7-3-4-8-16;;/h5-6,9,11H,3-4,7-8,10H2,1-2H3,(H,17,18);;. The zero-order valence-electron chi connectivity index (χ0n) is 11.6. The van der Waals surface area contributed by atoms with Crippen molar-refractivity contribution in [1.82, 2.24) is 0 Å². The Morgan fingerprint density at radius 2 is 2.00 bits per heavy atom. The van der Waals surface area contributed by atoms with Crippen LogP contribution in [0, 0.1) is 0 Å². The molecule has 0 saturated carbocycles. The molecule has 0 radical (unpaired) electrons. The molecule has 2 rings (SSSR count). The monoisotopic (exact) mass is 287 g/mol. The van der Waals surface area contributed by atoms with E-state index in [1.807, 2.05) is 26.0 Å². The fraction of sp³-hybridized carbons (Fsp3) is 0.533. The van der Waals surface area contributed by atoms with Gasteiger partial charge in [0.1, 0.15) is 0 Å². The Hall–Kier alpha value is -0.550. The van der Waals surface area contributed by atoms with Crippen molar-refractivity contribution in [3.8, 4) is 0 Å². The quantitative estimate of drug-likeness (QED) is 0.844. The van der Waals surface area contributed by atoms with Crippen LogP contribution >= 0.6 is 0 Å². The molecule has 1 N–H and O–H groups in total. The van der Waals surface area contributed by atoms with Crippen molar-refractivity contribution < 1.29 is 14.6 Å². The van der Waals surface area contributed by atoms with E-state index in [0.29, 0.717) is 12.2 Å². The van der Waals surface area contributed by atoms with Crippen LogP contribution in [0.25, 0.3) is 0 Å². The van der Waals surface area contributed by atoms with Gasteiger partial charge in [-0.1, -0.05) is 6.07 Å². The number of anilines is 1. The summed E-state index contributed by atoms with van der Waals surface area (Å²) in [5.74, 6) is -0.867. The van der Waals surface area contributed by atoms with Gasteiger partial charge in [0.15, 0.2) is 0 Å². The molecule has 1 aliphatic rings. The summed E-state index contributed by atoms with van der Waals surface area (Å²) in [5, 5.41) is 9.36. The molecule has 4 nitrogen and oxygen atoms in total. The van der Waals surface area contributed by atoms with Crippen LogP contribution in [0.15, 0.2) is 18.2 Å². The van der Waals surface area contributed by atoms with Crippen molar-refractivity contribution >= 4 is 41.2 Å². The summed E-state index contributed by atoms with van der Waals surface area (Å²) in [6.45, 7) is 6.29. The first-order valence-electron chi connectivity index (χ1n) is 6.80. The Labute approximate surface area is 142 Å². The van der Waals surface area contributed by atoms with E-state index < -0.39 is 5.97 Å². The minimum absolute atomic E-state index is 0. The van der Waals surface area contributed by atoms with E-state index in [9.17, 15) is 9.90 Å². The summed E-state index contributed by atoms with van der Waals surface area (Å²) in [7, 11) is 0. The summed E-state index contributed by atoms with van der Waals surface area (Å²) < 4.78 is 5.52. The average molecular weight is 287 g/mol. The number of carboxylic acid groups (broad SMARTS) is 1. The second-order valence-electron chi connectivity index (χ2n) is 5.21. The van der Waals surface area contributed by atoms with Gasteiger partial charge in [-0.15, -0.1) is 0 Å².